The highest BCUT2D eigenvalue weighted by molar-refractivity contribution is 5.72. The van der Waals surface area contributed by atoms with Gasteiger partial charge in [-0.1, -0.05) is 6.42 Å². The van der Waals surface area contributed by atoms with E-state index in [1.807, 2.05) is 0 Å². The molecular weight excluding hydrogens is 151 g/mol. The van der Waals surface area contributed by atoms with E-state index in [0.29, 0.717) is 0 Å². The standard InChI is InChI=1S/C7H11FO3/c8-5(7(10)11)6(9)4-2-1-3-4/h4-6,9H,1-3H2,(H,10,11). The largest absolute Gasteiger partial charge is 0.479 e. The van der Waals surface area contributed by atoms with Crippen molar-refractivity contribution >= 4 is 5.97 Å². The number of carboxylic acids is 1. The number of hydrogen-bond donors (Lipinski definition) is 2. The Morgan fingerprint density at radius 3 is 2.36 bits per heavy atom. The molecule has 1 aliphatic carbocycles. The maximum absolute atomic E-state index is 12.5. The number of hydrogen-bond acceptors (Lipinski definition) is 2. The van der Waals surface area contributed by atoms with Gasteiger partial charge >= 0.3 is 5.97 Å². The van der Waals surface area contributed by atoms with E-state index in [0.717, 1.165) is 19.3 Å². The normalized spacial score (nSPS) is 23.8. The first-order valence-electron chi connectivity index (χ1n) is 3.68. The molecule has 0 aliphatic heterocycles. The summed E-state index contributed by atoms with van der Waals surface area (Å²) in [5, 5.41) is 17.2. The first-order valence-corrected chi connectivity index (χ1v) is 3.68. The molecule has 2 unspecified atom stereocenters. The lowest BCUT2D eigenvalue weighted by atomic mass is 9.79. The third-order valence-electron chi connectivity index (χ3n) is 2.17. The molecule has 0 heterocycles. The van der Waals surface area contributed by atoms with Gasteiger partial charge in [0.25, 0.3) is 0 Å². The molecule has 1 rings (SSSR count). The van der Waals surface area contributed by atoms with Crippen molar-refractivity contribution in [2.24, 2.45) is 5.92 Å². The van der Waals surface area contributed by atoms with E-state index < -0.39 is 18.2 Å². The van der Waals surface area contributed by atoms with Crippen molar-refractivity contribution < 1.29 is 19.4 Å². The topological polar surface area (TPSA) is 57.5 Å². The second-order valence-electron chi connectivity index (χ2n) is 2.92. The molecule has 64 valence electrons. The molecule has 0 radical (unpaired) electrons. The van der Waals surface area contributed by atoms with E-state index in [4.69, 9.17) is 10.2 Å². The predicted molar refractivity (Wildman–Crippen MR) is 35.9 cm³/mol. The second-order valence-corrected chi connectivity index (χ2v) is 2.92. The molecule has 0 amide bonds. The fourth-order valence-corrected chi connectivity index (χ4v) is 1.17. The van der Waals surface area contributed by atoms with Crippen LogP contribution in [-0.2, 0) is 4.79 Å². The van der Waals surface area contributed by atoms with Crippen LogP contribution in [0.4, 0.5) is 4.39 Å². The number of aliphatic hydroxyl groups is 1. The number of rotatable bonds is 3. The van der Waals surface area contributed by atoms with E-state index >= 15 is 0 Å². The summed E-state index contributed by atoms with van der Waals surface area (Å²) in [6.07, 6.45) is -0.959. The molecule has 0 saturated heterocycles. The molecule has 4 heteroatoms. The van der Waals surface area contributed by atoms with Crippen molar-refractivity contribution in [3.05, 3.63) is 0 Å². The molecule has 2 N–H and O–H groups in total. The summed E-state index contributed by atoms with van der Waals surface area (Å²) in [5.74, 6) is -1.70. The first kappa shape index (κ1) is 8.46. The van der Waals surface area contributed by atoms with Crippen molar-refractivity contribution in [3.63, 3.8) is 0 Å². The van der Waals surface area contributed by atoms with Gasteiger partial charge in [0.05, 0.1) is 6.10 Å². The van der Waals surface area contributed by atoms with Crippen LogP contribution in [0.1, 0.15) is 19.3 Å². The average Bonchev–Trinajstić information content (AvgIpc) is 1.82. The number of aliphatic hydroxyl groups excluding tert-OH is 1. The molecule has 0 aromatic heterocycles. The van der Waals surface area contributed by atoms with Crippen LogP contribution in [0.25, 0.3) is 0 Å². The Hall–Kier alpha value is -0.640. The maximum Gasteiger partial charge on any atom is 0.341 e. The minimum Gasteiger partial charge on any atom is -0.479 e. The number of aliphatic carboxylic acids is 1. The highest BCUT2D eigenvalue weighted by Gasteiger charge is 2.35. The lowest BCUT2D eigenvalue weighted by molar-refractivity contribution is -0.149. The molecule has 11 heavy (non-hydrogen) atoms. The molecule has 0 spiro atoms. The summed E-state index contributed by atoms with van der Waals surface area (Å²) in [4.78, 5) is 10.1. The van der Waals surface area contributed by atoms with Gasteiger partial charge in [0.2, 0.25) is 6.17 Å². The fourth-order valence-electron chi connectivity index (χ4n) is 1.17. The van der Waals surface area contributed by atoms with Crippen molar-refractivity contribution in [1.29, 1.82) is 0 Å². The molecule has 2 atom stereocenters. The minimum atomic E-state index is -2.11. The lowest BCUT2D eigenvalue weighted by Crippen LogP contribution is -2.39. The van der Waals surface area contributed by atoms with Crippen LogP contribution in [0.15, 0.2) is 0 Å². The van der Waals surface area contributed by atoms with Gasteiger partial charge in [-0.05, 0) is 18.8 Å². The Bertz CT molecular complexity index is 156. The highest BCUT2D eigenvalue weighted by Crippen LogP contribution is 2.31. The summed E-state index contributed by atoms with van der Waals surface area (Å²) in [6, 6.07) is 0. The van der Waals surface area contributed by atoms with Gasteiger partial charge in [-0.15, -0.1) is 0 Å². The zero-order chi connectivity index (χ0) is 8.43. The van der Waals surface area contributed by atoms with Crippen molar-refractivity contribution in [2.75, 3.05) is 0 Å². The summed E-state index contributed by atoms with van der Waals surface area (Å²) in [7, 11) is 0. The van der Waals surface area contributed by atoms with Crippen molar-refractivity contribution in [1.82, 2.24) is 0 Å². The molecule has 1 fully saturated rings. The Balaban J connectivity index is 2.38. The molecule has 0 aromatic carbocycles. The van der Waals surface area contributed by atoms with Crippen LogP contribution >= 0.6 is 0 Å². The average molecular weight is 162 g/mol. The first-order chi connectivity index (χ1) is 5.13. The van der Waals surface area contributed by atoms with Crippen LogP contribution in [0, 0.1) is 5.92 Å². The van der Waals surface area contributed by atoms with Gasteiger partial charge in [-0.25, -0.2) is 9.18 Å². The number of carboxylic acid groups (broad SMARTS) is 1. The van der Waals surface area contributed by atoms with Crippen molar-refractivity contribution in [2.45, 2.75) is 31.5 Å². The molecule has 3 nitrogen and oxygen atoms in total. The molecule has 1 saturated carbocycles. The summed E-state index contributed by atoms with van der Waals surface area (Å²) >= 11 is 0. The van der Waals surface area contributed by atoms with E-state index in [9.17, 15) is 9.18 Å². The van der Waals surface area contributed by atoms with Gasteiger partial charge in [0.1, 0.15) is 0 Å². The van der Waals surface area contributed by atoms with E-state index in [1.165, 1.54) is 0 Å². The Kier molecular flexibility index (Phi) is 2.44. The van der Waals surface area contributed by atoms with Crippen LogP contribution in [0.5, 0.6) is 0 Å². The summed E-state index contributed by atoms with van der Waals surface area (Å²) in [5.41, 5.74) is 0. The van der Waals surface area contributed by atoms with Crippen LogP contribution in [-0.4, -0.2) is 28.5 Å². The van der Waals surface area contributed by atoms with E-state index in [2.05, 4.69) is 0 Å². The molecule has 0 bridgehead atoms. The van der Waals surface area contributed by atoms with Crippen LogP contribution in [0.3, 0.4) is 0 Å². The second kappa shape index (κ2) is 3.17. The zero-order valence-corrected chi connectivity index (χ0v) is 6.03. The Morgan fingerprint density at radius 1 is 1.55 bits per heavy atom. The molecule has 0 aromatic rings. The fraction of sp³-hybridized carbons (Fsp3) is 0.857. The summed E-state index contributed by atoms with van der Waals surface area (Å²) in [6.45, 7) is 0. The molecule has 1 aliphatic rings. The van der Waals surface area contributed by atoms with E-state index in [1.54, 1.807) is 0 Å². The Morgan fingerprint density at radius 2 is 2.09 bits per heavy atom. The predicted octanol–water partition coefficient (Wildman–Crippen LogP) is 0.570. The smallest absolute Gasteiger partial charge is 0.341 e. The van der Waals surface area contributed by atoms with E-state index in [-0.39, 0.29) is 5.92 Å². The minimum absolute atomic E-state index is 0.138. The van der Waals surface area contributed by atoms with Gasteiger partial charge in [0.15, 0.2) is 0 Å². The van der Waals surface area contributed by atoms with Gasteiger partial charge in [-0.3, -0.25) is 0 Å². The quantitative estimate of drug-likeness (QED) is 0.637. The monoisotopic (exact) mass is 162 g/mol. The lowest BCUT2D eigenvalue weighted by Gasteiger charge is -2.30. The van der Waals surface area contributed by atoms with Gasteiger partial charge in [-0.2, -0.15) is 0 Å². The third kappa shape index (κ3) is 1.68. The SMILES string of the molecule is O=C(O)C(F)C(O)C1CCC1. The number of alkyl halides is 1. The van der Waals surface area contributed by atoms with Crippen LogP contribution in [0.2, 0.25) is 0 Å². The third-order valence-corrected chi connectivity index (χ3v) is 2.17. The Labute approximate surface area is 63.8 Å². The number of halogens is 1. The highest BCUT2D eigenvalue weighted by atomic mass is 19.1. The van der Waals surface area contributed by atoms with Crippen molar-refractivity contribution in [3.8, 4) is 0 Å². The van der Waals surface area contributed by atoms with Gasteiger partial charge in [0, 0.05) is 0 Å². The van der Waals surface area contributed by atoms with Crippen LogP contribution < -0.4 is 0 Å². The van der Waals surface area contributed by atoms with Gasteiger partial charge < -0.3 is 10.2 Å². The maximum atomic E-state index is 12.5. The summed E-state index contributed by atoms with van der Waals surface area (Å²) < 4.78 is 12.5. The zero-order valence-electron chi connectivity index (χ0n) is 6.03. The molecular formula is C7H11FO3. The number of carbonyl (C=O) groups is 1.